The first-order chi connectivity index (χ1) is 8.50. The predicted octanol–water partition coefficient (Wildman–Crippen LogP) is 3.85. The van der Waals surface area contributed by atoms with E-state index in [0.717, 1.165) is 9.58 Å². The van der Waals surface area contributed by atoms with Crippen molar-refractivity contribution in [1.29, 1.82) is 0 Å². The molecule has 0 unspecified atom stereocenters. The molecule has 0 aliphatic rings. The fraction of sp³-hybridized carbons (Fsp3) is 0.111. The smallest absolute Gasteiger partial charge is 0.207 e. The molecule has 0 saturated carbocycles. The Bertz CT molecular complexity index is 785. The summed E-state index contributed by atoms with van der Waals surface area (Å²) in [5.41, 5.74) is 0. The third-order valence-corrected chi connectivity index (χ3v) is 4.65. The fourth-order valence-electron chi connectivity index (χ4n) is 1.45. The van der Waals surface area contributed by atoms with Gasteiger partial charge < -0.3 is 0 Å². The summed E-state index contributed by atoms with van der Waals surface area (Å²) in [6.07, 6.45) is 0. The summed E-state index contributed by atoms with van der Waals surface area (Å²) in [5, 5.41) is 0.713. The number of benzene rings is 1. The van der Waals surface area contributed by atoms with Crippen molar-refractivity contribution in [2.45, 2.75) is 11.8 Å². The van der Waals surface area contributed by atoms with Gasteiger partial charge in [-0.1, -0.05) is 18.2 Å². The van der Waals surface area contributed by atoms with Crippen LogP contribution in [0.4, 0.5) is 0 Å². The van der Waals surface area contributed by atoms with E-state index in [2.05, 4.69) is 21.4 Å². The molecule has 0 aliphatic carbocycles. The van der Waals surface area contributed by atoms with Gasteiger partial charge in [-0.3, -0.25) is 0 Å². The molecule has 2 rings (SSSR count). The topological polar surface area (TPSA) is 68.3 Å². The Balaban J connectivity index is 0.000000312. The highest BCUT2D eigenvalue weighted by atomic mass is 36.0. The number of aryl methyl sites for hydroxylation is 1. The third kappa shape index (κ3) is 5.45. The van der Waals surface area contributed by atoms with E-state index >= 15 is 0 Å². The van der Waals surface area contributed by atoms with Crippen LogP contribution in [0.25, 0.3) is 10.1 Å². The van der Waals surface area contributed by atoms with Crippen molar-refractivity contribution < 1.29 is 16.8 Å². The first kappa shape index (κ1) is 17.0. The maximum absolute atomic E-state index is 11.3. The second-order valence-electron chi connectivity index (χ2n) is 3.30. The van der Waals surface area contributed by atoms with Gasteiger partial charge in [0.05, 0.1) is 0 Å². The summed E-state index contributed by atoms with van der Waals surface area (Å²) in [4.78, 5) is 0.987. The van der Waals surface area contributed by atoms with Crippen LogP contribution in [0, 0.1) is 6.92 Å². The normalized spacial score (nSPS) is 12.0. The Kier molecular flexibility index (Phi) is 5.51. The standard InChI is InChI=1S/C9H7ClO2S2.Cl2O2S/c1-6-9(14(10,11)12)7-4-2-3-5-8(7)13-6;1-5(2,3)4/h2-5H,1H3;. The molecule has 0 atom stereocenters. The highest BCUT2D eigenvalue weighted by Crippen LogP contribution is 2.35. The molecule has 0 radical (unpaired) electrons. The molecular weight excluding hydrogens is 375 g/mol. The van der Waals surface area contributed by atoms with Crippen molar-refractivity contribution in [2.24, 2.45) is 0 Å². The predicted molar refractivity (Wildman–Crippen MR) is 80.2 cm³/mol. The van der Waals surface area contributed by atoms with Gasteiger partial charge in [0.25, 0.3) is 9.05 Å². The lowest BCUT2D eigenvalue weighted by molar-refractivity contribution is 0.610. The zero-order valence-corrected chi connectivity index (χ0v) is 14.0. The Labute approximate surface area is 128 Å². The van der Waals surface area contributed by atoms with Gasteiger partial charge in [0.2, 0.25) is 0 Å². The molecule has 0 fully saturated rings. The van der Waals surface area contributed by atoms with Crippen molar-refractivity contribution >= 4 is 70.8 Å². The number of rotatable bonds is 1. The second kappa shape index (κ2) is 6.15. The van der Waals surface area contributed by atoms with Crippen LogP contribution in [-0.2, 0) is 17.3 Å². The molecule has 0 aliphatic heterocycles. The minimum atomic E-state index is -3.72. The Morgan fingerprint density at radius 2 is 1.47 bits per heavy atom. The molecule has 106 valence electrons. The van der Waals surface area contributed by atoms with Crippen molar-refractivity contribution in [1.82, 2.24) is 0 Å². The van der Waals surface area contributed by atoms with Crippen LogP contribution >= 0.6 is 43.4 Å². The van der Waals surface area contributed by atoms with Gasteiger partial charge >= 0.3 is 8.26 Å². The molecule has 0 amide bonds. The van der Waals surface area contributed by atoms with E-state index in [1.807, 2.05) is 12.1 Å². The number of hydrogen-bond donors (Lipinski definition) is 0. The van der Waals surface area contributed by atoms with E-state index in [9.17, 15) is 8.42 Å². The van der Waals surface area contributed by atoms with E-state index in [0.29, 0.717) is 5.39 Å². The quantitative estimate of drug-likeness (QED) is 0.704. The van der Waals surface area contributed by atoms with Crippen molar-refractivity contribution in [3.8, 4) is 0 Å². The highest BCUT2D eigenvalue weighted by molar-refractivity contribution is 8.31. The first-order valence-electron chi connectivity index (χ1n) is 4.57. The summed E-state index contributed by atoms with van der Waals surface area (Å²) < 4.78 is 41.9. The Morgan fingerprint density at radius 1 is 1.00 bits per heavy atom. The lowest BCUT2D eigenvalue weighted by Gasteiger charge is -1.94. The Morgan fingerprint density at radius 3 is 1.95 bits per heavy atom. The second-order valence-corrected chi connectivity index (χ2v) is 10.7. The monoisotopic (exact) mass is 380 g/mol. The molecule has 2 aromatic rings. The van der Waals surface area contributed by atoms with Gasteiger partial charge in [-0.05, 0) is 13.0 Å². The van der Waals surface area contributed by atoms with Crippen LogP contribution in [0.5, 0.6) is 0 Å². The summed E-state index contributed by atoms with van der Waals surface area (Å²) >= 11 is 1.44. The molecule has 1 heterocycles. The van der Waals surface area contributed by atoms with Crippen LogP contribution in [0.1, 0.15) is 4.88 Å². The Hall–Kier alpha value is -0.0500. The average molecular weight is 382 g/mol. The molecule has 0 saturated heterocycles. The van der Waals surface area contributed by atoms with Gasteiger partial charge in [0.15, 0.2) is 0 Å². The van der Waals surface area contributed by atoms with Crippen LogP contribution < -0.4 is 0 Å². The lowest BCUT2D eigenvalue weighted by atomic mass is 10.2. The van der Waals surface area contributed by atoms with E-state index in [1.165, 1.54) is 11.3 Å². The van der Waals surface area contributed by atoms with Crippen molar-refractivity contribution in [3.63, 3.8) is 0 Å². The van der Waals surface area contributed by atoms with Crippen LogP contribution in [0.15, 0.2) is 29.2 Å². The minimum Gasteiger partial charge on any atom is -0.207 e. The largest absolute Gasteiger partial charge is 0.317 e. The maximum Gasteiger partial charge on any atom is 0.317 e. The van der Waals surface area contributed by atoms with Gasteiger partial charge in [-0.25, -0.2) is 8.42 Å². The molecule has 10 heteroatoms. The van der Waals surface area contributed by atoms with E-state index in [-0.39, 0.29) is 4.90 Å². The van der Waals surface area contributed by atoms with E-state index < -0.39 is 17.3 Å². The average Bonchev–Trinajstić information content (AvgIpc) is 2.49. The lowest BCUT2D eigenvalue weighted by Crippen LogP contribution is -1.90. The number of fused-ring (bicyclic) bond motifs is 1. The summed E-state index contributed by atoms with van der Waals surface area (Å²) in [6.45, 7) is 1.76. The van der Waals surface area contributed by atoms with Crippen LogP contribution in [-0.4, -0.2) is 16.8 Å². The molecule has 0 bridgehead atoms. The van der Waals surface area contributed by atoms with Crippen LogP contribution in [0.2, 0.25) is 0 Å². The molecule has 19 heavy (non-hydrogen) atoms. The SMILES string of the molecule is Cc1sc2ccccc2c1S(=O)(=O)Cl.O=S(=O)(Cl)Cl. The fourth-order valence-corrected chi connectivity index (χ4v) is 4.44. The number of hydrogen-bond acceptors (Lipinski definition) is 5. The number of halogens is 3. The van der Waals surface area contributed by atoms with Crippen molar-refractivity contribution in [2.75, 3.05) is 0 Å². The van der Waals surface area contributed by atoms with Gasteiger partial charge in [-0.2, -0.15) is 8.42 Å². The summed E-state index contributed by atoms with van der Waals surface area (Å²) in [7, 11) is 6.54. The van der Waals surface area contributed by atoms with Gasteiger partial charge in [0, 0.05) is 47.0 Å². The minimum absolute atomic E-state index is 0.250. The molecule has 1 aromatic heterocycles. The third-order valence-electron chi connectivity index (χ3n) is 1.96. The molecule has 0 spiro atoms. The van der Waals surface area contributed by atoms with E-state index in [4.69, 9.17) is 19.1 Å². The van der Waals surface area contributed by atoms with E-state index in [1.54, 1.807) is 19.1 Å². The van der Waals surface area contributed by atoms with Gasteiger partial charge in [-0.15, -0.1) is 11.3 Å². The summed E-state index contributed by atoms with van der Waals surface area (Å²) in [6, 6.07) is 7.34. The first-order valence-corrected chi connectivity index (χ1v) is 10.8. The highest BCUT2D eigenvalue weighted by Gasteiger charge is 2.19. The molecule has 4 nitrogen and oxygen atoms in total. The van der Waals surface area contributed by atoms with Crippen molar-refractivity contribution in [3.05, 3.63) is 29.1 Å². The van der Waals surface area contributed by atoms with Crippen LogP contribution in [0.3, 0.4) is 0 Å². The molecule has 0 N–H and O–H groups in total. The maximum atomic E-state index is 11.3. The number of thiophene rings is 1. The zero-order chi connectivity index (χ0) is 14.8. The molecule has 1 aromatic carbocycles. The zero-order valence-electron chi connectivity index (χ0n) is 9.30. The van der Waals surface area contributed by atoms with Gasteiger partial charge in [0.1, 0.15) is 4.90 Å². The summed E-state index contributed by atoms with van der Waals surface area (Å²) in [5.74, 6) is 0. The molecular formula is C9H7Cl3O4S3.